The van der Waals surface area contributed by atoms with Crippen LogP contribution < -0.4 is 11.2 Å². The molecule has 0 amide bonds. The first-order valence-corrected chi connectivity index (χ1v) is 9.99. The normalized spacial score (nSPS) is 26.3. The van der Waals surface area contributed by atoms with Crippen molar-refractivity contribution in [2.24, 2.45) is 0 Å². The highest BCUT2D eigenvalue weighted by molar-refractivity contribution is 7.47. The Balaban J connectivity index is 1.91. The van der Waals surface area contributed by atoms with Crippen LogP contribution in [0.4, 0.5) is 9.18 Å². The van der Waals surface area contributed by atoms with Gasteiger partial charge in [-0.3, -0.25) is 18.9 Å². The van der Waals surface area contributed by atoms with E-state index in [1.165, 1.54) is 6.92 Å². The molecule has 0 radical (unpaired) electrons. The van der Waals surface area contributed by atoms with Crippen molar-refractivity contribution in [3.8, 4) is 0 Å². The van der Waals surface area contributed by atoms with Crippen molar-refractivity contribution in [2.75, 3.05) is 13.4 Å². The lowest BCUT2D eigenvalue weighted by Crippen LogP contribution is -2.35. The van der Waals surface area contributed by atoms with Gasteiger partial charge in [-0.2, -0.15) is 0 Å². The van der Waals surface area contributed by atoms with Gasteiger partial charge in [0.25, 0.3) is 5.56 Å². The molecule has 14 heteroatoms. The first-order chi connectivity index (χ1) is 13.4. The number of ether oxygens (including phenoxy) is 3. The molecule has 12 nitrogen and oxygen atoms in total. The minimum absolute atomic E-state index is 0.263. The van der Waals surface area contributed by atoms with Crippen LogP contribution in [-0.4, -0.2) is 51.9 Å². The predicted molar refractivity (Wildman–Crippen MR) is 93.8 cm³/mol. The molecule has 164 valence electrons. The number of rotatable bonds is 8. The summed E-state index contributed by atoms with van der Waals surface area (Å²) in [5, 5.41) is 0. The summed E-state index contributed by atoms with van der Waals surface area (Å²) in [7, 11) is -4.66. The topological polar surface area (TPSA) is 155 Å². The number of hydrogen-bond acceptors (Lipinski definition) is 9. The molecule has 0 saturated carbocycles. The third kappa shape index (κ3) is 6.75. The van der Waals surface area contributed by atoms with Crippen molar-refractivity contribution in [2.45, 2.75) is 51.3 Å². The van der Waals surface area contributed by atoms with E-state index in [4.69, 9.17) is 9.26 Å². The smallest absolute Gasteiger partial charge is 0.432 e. The Morgan fingerprint density at radius 1 is 1.48 bits per heavy atom. The molecule has 2 N–H and O–H groups in total. The van der Waals surface area contributed by atoms with E-state index < -0.39 is 62.7 Å². The molecule has 0 bridgehead atoms. The summed E-state index contributed by atoms with van der Waals surface area (Å²) in [5.41, 5.74) is -2.89. The van der Waals surface area contributed by atoms with Gasteiger partial charge in [0.1, 0.15) is 6.17 Å². The van der Waals surface area contributed by atoms with Gasteiger partial charge in [0.05, 0.1) is 18.3 Å². The summed E-state index contributed by atoms with van der Waals surface area (Å²) in [5.74, 6) is 0. The van der Waals surface area contributed by atoms with Gasteiger partial charge >= 0.3 is 19.7 Å². The van der Waals surface area contributed by atoms with Crippen molar-refractivity contribution < 1.29 is 41.9 Å². The Bertz CT molecular complexity index is 886. The molecule has 1 aliphatic rings. The lowest BCUT2D eigenvalue weighted by molar-refractivity contribution is -0.0969. The molecule has 4 atom stereocenters. The molecule has 1 fully saturated rings. The van der Waals surface area contributed by atoms with E-state index in [2.05, 4.69) is 14.0 Å². The maximum absolute atomic E-state index is 14.4. The van der Waals surface area contributed by atoms with Crippen molar-refractivity contribution in [1.29, 1.82) is 0 Å². The fourth-order valence-corrected chi connectivity index (χ4v) is 3.20. The predicted octanol–water partition coefficient (Wildman–Crippen LogP) is 1.20. The molecule has 2 rings (SSSR count). The second kappa shape index (κ2) is 9.18. The van der Waals surface area contributed by atoms with E-state index in [-0.39, 0.29) is 6.42 Å². The van der Waals surface area contributed by atoms with Gasteiger partial charge in [0, 0.05) is 18.7 Å². The lowest BCUT2D eigenvalue weighted by atomic mass is 10.0. The summed E-state index contributed by atoms with van der Waals surface area (Å²) in [6.07, 6.45) is -3.74. The number of aromatic amines is 1. The monoisotopic (exact) mass is 440 g/mol. The number of carbonyl (C=O) groups excluding carboxylic acids is 1. The van der Waals surface area contributed by atoms with Gasteiger partial charge in [-0.15, -0.1) is 0 Å². The van der Waals surface area contributed by atoms with Gasteiger partial charge in [0.15, 0.2) is 6.23 Å². The Hall–Kier alpha value is -2.05. The van der Waals surface area contributed by atoms with Crippen LogP contribution >= 0.6 is 7.82 Å². The van der Waals surface area contributed by atoms with Crippen LogP contribution in [0, 0.1) is 0 Å². The molecule has 0 aliphatic carbocycles. The summed E-state index contributed by atoms with van der Waals surface area (Å²) in [6.45, 7) is 3.10. The first kappa shape index (κ1) is 23.2. The zero-order valence-corrected chi connectivity index (χ0v) is 16.8. The van der Waals surface area contributed by atoms with Gasteiger partial charge in [0.2, 0.25) is 6.79 Å². The SMILES string of the molecule is CC(C)OC(=O)OCOP(=O)(O)OC[C@]1(C)C[C@H](F)[C@H](n2ccc(=O)[nH]c2=O)O1. The van der Waals surface area contributed by atoms with Crippen LogP contribution in [0.1, 0.15) is 33.4 Å². The van der Waals surface area contributed by atoms with Gasteiger partial charge < -0.3 is 19.1 Å². The largest absolute Gasteiger partial charge is 0.510 e. The maximum Gasteiger partial charge on any atom is 0.510 e. The fraction of sp³-hybridized carbons (Fsp3) is 0.667. The van der Waals surface area contributed by atoms with E-state index in [0.29, 0.717) is 0 Å². The Kier molecular flexibility index (Phi) is 7.35. The lowest BCUT2D eigenvalue weighted by Gasteiger charge is -2.25. The van der Waals surface area contributed by atoms with Crippen LogP contribution in [-0.2, 0) is 27.8 Å². The van der Waals surface area contributed by atoms with Crippen LogP contribution in [0.5, 0.6) is 0 Å². The number of hydrogen-bond donors (Lipinski definition) is 2. The van der Waals surface area contributed by atoms with Crippen LogP contribution in [0.25, 0.3) is 0 Å². The molecule has 1 unspecified atom stereocenters. The van der Waals surface area contributed by atoms with Crippen LogP contribution in [0.15, 0.2) is 21.9 Å². The maximum atomic E-state index is 14.4. The standard InChI is InChI=1S/C15H22FN2O10P/c1-9(2)27-14(21)24-8-26-29(22,23)25-7-15(3)6-10(16)12(28-15)18-5-4-11(19)17-13(18)20/h4-5,9-10,12H,6-8H2,1-3H3,(H,22,23)(H,17,19,20)/t10-,12+,15-/m0/s1. The van der Waals surface area contributed by atoms with Gasteiger partial charge in [-0.05, 0) is 20.8 Å². The highest BCUT2D eigenvalue weighted by Crippen LogP contribution is 2.46. The average molecular weight is 440 g/mol. The number of phosphoric acid groups is 1. The van der Waals surface area contributed by atoms with Crippen molar-refractivity contribution in [3.05, 3.63) is 33.1 Å². The quantitative estimate of drug-likeness (QED) is 0.342. The Morgan fingerprint density at radius 2 is 2.17 bits per heavy atom. The fourth-order valence-electron chi connectivity index (χ4n) is 2.50. The molecule has 1 aliphatic heterocycles. The number of H-pyrrole nitrogens is 1. The van der Waals surface area contributed by atoms with E-state index in [1.807, 2.05) is 4.98 Å². The minimum Gasteiger partial charge on any atom is -0.432 e. The summed E-state index contributed by atoms with van der Waals surface area (Å²) < 4.78 is 51.0. The first-order valence-electron chi connectivity index (χ1n) is 8.49. The molecule has 0 spiro atoms. The molecule has 1 aromatic rings. The van der Waals surface area contributed by atoms with E-state index in [1.54, 1.807) is 13.8 Å². The summed E-state index contributed by atoms with van der Waals surface area (Å²) in [6, 6.07) is 1.03. The van der Waals surface area contributed by atoms with Crippen molar-refractivity contribution in [1.82, 2.24) is 9.55 Å². The van der Waals surface area contributed by atoms with Gasteiger partial charge in [-0.1, -0.05) is 0 Å². The molecular formula is C15H22FN2O10P. The second-order valence-corrected chi connectivity index (χ2v) is 8.20. The van der Waals surface area contributed by atoms with Crippen molar-refractivity contribution in [3.63, 3.8) is 0 Å². The molecule has 1 aromatic heterocycles. The number of alkyl halides is 1. The van der Waals surface area contributed by atoms with E-state index in [9.17, 15) is 28.2 Å². The zero-order valence-electron chi connectivity index (χ0n) is 15.9. The minimum atomic E-state index is -4.66. The highest BCUT2D eigenvalue weighted by Gasteiger charge is 2.46. The van der Waals surface area contributed by atoms with E-state index >= 15 is 0 Å². The van der Waals surface area contributed by atoms with E-state index in [0.717, 1.165) is 16.8 Å². The average Bonchev–Trinajstić information content (AvgIpc) is 2.87. The number of phosphoric ester groups is 1. The number of halogens is 1. The van der Waals surface area contributed by atoms with Crippen molar-refractivity contribution >= 4 is 14.0 Å². The van der Waals surface area contributed by atoms with Gasteiger partial charge in [-0.25, -0.2) is 23.1 Å². The Labute approximate surface area is 164 Å². The highest BCUT2D eigenvalue weighted by atomic mass is 31.2. The molecule has 1 saturated heterocycles. The van der Waals surface area contributed by atoms with Crippen LogP contribution in [0.3, 0.4) is 0 Å². The number of aromatic nitrogens is 2. The number of nitrogens with one attached hydrogen (secondary N) is 1. The molecular weight excluding hydrogens is 418 g/mol. The third-order valence-corrected chi connectivity index (χ3v) is 4.61. The number of carbonyl (C=O) groups is 1. The summed E-state index contributed by atoms with van der Waals surface area (Å²) >= 11 is 0. The Morgan fingerprint density at radius 3 is 2.79 bits per heavy atom. The molecule has 29 heavy (non-hydrogen) atoms. The number of nitrogens with zero attached hydrogens (tertiary/aromatic N) is 1. The second-order valence-electron chi connectivity index (χ2n) is 6.75. The third-order valence-electron chi connectivity index (χ3n) is 3.72. The molecule has 0 aromatic carbocycles. The summed E-state index contributed by atoms with van der Waals surface area (Å²) in [4.78, 5) is 45.7. The molecule has 2 heterocycles. The zero-order chi connectivity index (χ0) is 21.8. The van der Waals surface area contributed by atoms with Crippen LogP contribution in [0.2, 0.25) is 0 Å².